The first kappa shape index (κ1) is 16.9. The average molecular weight is 245 g/mol. The molecule has 0 unspecified atom stereocenters. The van der Waals surface area contributed by atoms with Crippen molar-refractivity contribution in [2.75, 3.05) is 26.2 Å². The summed E-state index contributed by atoms with van der Waals surface area (Å²) in [4.78, 5) is 2.36. The van der Waals surface area contributed by atoms with E-state index in [1.165, 1.54) is 25.7 Å². The molecule has 0 fully saturated rings. The summed E-state index contributed by atoms with van der Waals surface area (Å²) in [5.41, 5.74) is 0. The monoisotopic (exact) mass is 245 g/mol. The molecule has 0 aliphatic heterocycles. The lowest BCUT2D eigenvalue weighted by atomic mass is 10.2. The molecule has 0 heterocycles. The third-order valence-corrected chi connectivity index (χ3v) is 2.75. The van der Waals surface area contributed by atoms with Crippen LogP contribution in [0.4, 0.5) is 0 Å². The Morgan fingerprint density at radius 2 is 1.59 bits per heavy atom. The average Bonchev–Trinajstić information content (AvgIpc) is 2.30. The molecule has 0 aromatic heterocycles. The number of hydrogen-bond donors (Lipinski definition) is 1. The number of unbranched alkanes of at least 4 members (excludes halogenated alkanes) is 2. The van der Waals surface area contributed by atoms with Gasteiger partial charge in [0.2, 0.25) is 0 Å². The molecule has 0 spiro atoms. The fourth-order valence-electron chi connectivity index (χ4n) is 1.71. The summed E-state index contributed by atoms with van der Waals surface area (Å²) >= 11 is 0. The zero-order valence-electron chi connectivity index (χ0n) is 12.1. The molecule has 0 amide bonds. The van der Waals surface area contributed by atoms with Gasteiger partial charge in [-0.25, -0.2) is 0 Å². The quantitative estimate of drug-likeness (QED) is 0.607. The Hall–Kier alpha value is -0.120. The van der Waals surface area contributed by atoms with Gasteiger partial charge in [0.15, 0.2) is 0 Å². The van der Waals surface area contributed by atoms with E-state index in [1.807, 2.05) is 13.8 Å². The van der Waals surface area contributed by atoms with Crippen LogP contribution in [0.3, 0.4) is 0 Å². The first-order valence-electron chi connectivity index (χ1n) is 7.12. The van der Waals surface area contributed by atoms with Gasteiger partial charge in [-0.3, -0.25) is 0 Å². The van der Waals surface area contributed by atoms with Crippen molar-refractivity contribution in [3.63, 3.8) is 0 Å². The van der Waals surface area contributed by atoms with Crippen molar-refractivity contribution < 1.29 is 9.84 Å². The summed E-state index contributed by atoms with van der Waals surface area (Å²) in [7, 11) is 0. The lowest BCUT2D eigenvalue weighted by Crippen LogP contribution is -2.36. The third kappa shape index (κ3) is 10.7. The summed E-state index contributed by atoms with van der Waals surface area (Å²) in [5, 5.41) is 9.90. The van der Waals surface area contributed by atoms with Crippen molar-refractivity contribution >= 4 is 0 Å². The lowest BCUT2D eigenvalue weighted by Gasteiger charge is -2.25. The fraction of sp³-hybridized carbons (Fsp3) is 1.00. The van der Waals surface area contributed by atoms with E-state index in [0.29, 0.717) is 6.61 Å². The second-order valence-electron chi connectivity index (χ2n) is 5.04. The zero-order valence-corrected chi connectivity index (χ0v) is 12.1. The Morgan fingerprint density at radius 1 is 1.06 bits per heavy atom. The van der Waals surface area contributed by atoms with E-state index in [9.17, 15) is 5.11 Å². The van der Waals surface area contributed by atoms with Crippen LogP contribution in [-0.2, 0) is 4.74 Å². The van der Waals surface area contributed by atoms with Crippen LogP contribution in [0.15, 0.2) is 0 Å². The van der Waals surface area contributed by atoms with Crippen molar-refractivity contribution in [1.82, 2.24) is 4.90 Å². The molecule has 0 aromatic rings. The largest absolute Gasteiger partial charge is 0.389 e. The maximum absolute atomic E-state index is 9.90. The lowest BCUT2D eigenvalue weighted by molar-refractivity contribution is -0.00873. The van der Waals surface area contributed by atoms with Gasteiger partial charge < -0.3 is 14.7 Å². The van der Waals surface area contributed by atoms with Gasteiger partial charge in [-0.2, -0.15) is 0 Å². The topological polar surface area (TPSA) is 32.7 Å². The molecule has 3 nitrogen and oxygen atoms in total. The van der Waals surface area contributed by atoms with Crippen LogP contribution in [0.2, 0.25) is 0 Å². The maximum atomic E-state index is 9.90. The third-order valence-electron chi connectivity index (χ3n) is 2.75. The number of rotatable bonds is 11. The van der Waals surface area contributed by atoms with Crippen molar-refractivity contribution in [1.29, 1.82) is 0 Å². The Bertz CT molecular complexity index is 154. The number of aliphatic hydroxyl groups excluding tert-OH is 1. The molecule has 0 saturated heterocycles. The molecule has 1 N–H and O–H groups in total. The van der Waals surface area contributed by atoms with Crippen LogP contribution in [0.1, 0.15) is 53.4 Å². The van der Waals surface area contributed by atoms with Crippen molar-refractivity contribution in [2.24, 2.45) is 0 Å². The molecular weight excluding hydrogens is 214 g/mol. The second-order valence-corrected chi connectivity index (χ2v) is 5.04. The van der Waals surface area contributed by atoms with Crippen LogP contribution < -0.4 is 0 Å². The van der Waals surface area contributed by atoms with Gasteiger partial charge in [0.05, 0.1) is 18.8 Å². The van der Waals surface area contributed by atoms with Crippen LogP contribution in [0.5, 0.6) is 0 Å². The van der Waals surface area contributed by atoms with E-state index in [1.54, 1.807) is 0 Å². The predicted molar refractivity (Wildman–Crippen MR) is 73.4 cm³/mol. The number of aliphatic hydroxyl groups is 1. The summed E-state index contributed by atoms with van der Waals surface area (Å²) in [5.74, 6) is 0. The minimum atomic E-state index is -0.355. The van der Waals surface area contributed by atoms with Crippen molar-refractivity contribution in [2.45, 2.75) is 65.6 Å². The Balaban J connectivity index is 3.84. The van der Waals surface area contributed by atoms with Crippen LogP contribution >= 0.6 is 0 Å². The predicted octanol–water partition coefficient (Wildman–Crippen LogP) is 2.67. The van der Waals surface area contributed by atoms with Gasteiger partial charge in [0.25, 0.3) is 0 Å². The van der Waals surface area contributed by atoms with E-state index in [2.05, 4.69) is 18.7 Å². The maximum Gasteiger partial charge on any atom is 0.0900 e. The van der Waals surface area contributed by atoms with Crippen LogP contribution in [0, 0.1) is 0 Å². The molecule has 0 bridgehead atoms. The first-order chi connectivity index (χ1) is 8.10. The Kier molecular flexibility index (Phi) is 10.9. The summed E-state index contributed by atoms with van der Waals surface area (Å²) in [6.07, 6.45) is 4.68. The summed E-state index contributed by atoms with van der Waals surface area (Å²) in [6, 6.07) is 0. The van der Waals surface area contributed by atoms with Crippen molar-refractivity contribution in [3.8, 4) is 0 Å². The molecule has 0 rings (SSSR count). The second kappa shape index (κ2) is 11.0. The van der Waals surface area contributed by atoms with E-state index in [0.717, 1.165) is 19.6 Å². The highest BCUT2D eigenvalue weighted by Gasteiger charge is 2.11. The van der Waals surface area contributed by atoms with Gasteiger partial charge >= 0.3 is 0 Å². The van der Waals surface area contributed by atoms with Gasteiger partial charge in [-0.05, 0) is 39.8 Å². The van der Waals surface area contributed by atoms with Gasteiger partial charge in [-0.1, -0.05) is 26.7 Å². The van der Waals surface area contributed by atoms with E-state index in [-0.39, 0.29) is 12.2 Å². The highest BCUT2D eigenvalue weighted by molar-refractivity contribution is 4.65. The molecular formula is C14H31NO2. The van der Waals surface area contributed by atoms with Gasteiger partial charge in [-0.15, -0.1) is 0 Å². The first-order valence-corrected chi connectivity index (χ1v) is 7.12. The van der Waals surface area contributed by atoms with Crippen LogP contribution in [0.25, 0.3) is 0 Å². The summed E-state index contributed by atoms with van der Waals surface area (Å²) in [6.45, 7) is 11.8. The minimum absolute atomic E-state index is 0.199. The molecule has 0 saturated carbocycles. The molecule has 1 atom stereocenters. The van der Waals surface area contributed by atoms with E-state index >= 15 is 0 Å². The Morgan fingerprint density at radius 3 is 2.00 bits per heavy atom. The number of ether oxygens (including phenoxy) is 1. The number of nitrogens with zero attached hydrogens (tertiary/aromatic N) is 1. The zero-order chi connectivity index (χ0) is 13.1. The molecule has 0 aliphatic rings. The fourth-order valence-corrected chi connectivity index (χ4v) is 1.71. The highest BCUT2D eigenvalue weighted by Crippen LogP contribution is 2.02. The van der Waals surface area contributed by atoms with Crippen molar-refractivity contribution in [3.05, 3.63) is 0 Å². The Labute approximate surface area is 107 Å². The number of hydrogen-bond acceptors (Lipinski definition) is 3. The standard InChI is InChI=1S/C14H31NO2/c1-5-7-9-15(10-8-6-2)11-14(16)12-17-13(3)4/h13-14,16H,5-12H2,1-4H3/t14-/m0/s1. The molecule has 104 valence electrons. The smallest absolute Gasteiger partial charge is 0.0900 e. The van der Waals surface area contributed by atoms with E-state index in [4.69, 9.17) is 4.74 Å². The molecule has 0 aromatic carbocycles. The van der Waals surface area contributed by atoms with Gasteiger partial charge in [0.1, 0.15) is 0 Å². The SMILES string of the molecule is CCCCN(CCCC)C[C@H](O)COC(C)C. The molecule has 0 aliphatic carbocycles. The molecule has 0 radical (unpaired) electrons. The van der Waals surface area contributed by atoms with Crippen LogP contribution in [-0.4, -0.2) is 48.5 Å². The molecule has 3 heteroatoms. The highest BCUT2D eigenvalue weighted by atomic mass is 16.5. The van der Waals surface area contributed by atoms with Gasteiger partial charge in [0, 0.05) is 6.54 Å². The molecule has 17 heavy (non-hydrogen) atoms. The summed E-state index contributed by atoms with van der Waals surface area (Å²) < 4.78 is 5.44. The normalized spacial score (nSPS) is 13.6. The van der Waals surface area contributed by atoms with E-state index < -0.39 is 0 Å². The minimum Gasteiger partial charge on any atom is -0.389 e.